The lowest BCUT2D eigenvalue weighted by Crippen LogP contribution is -2.49. The predicted octanol–water partition coefficient (Wildman–Crippen LogP) is 1.90. The van der Waals surface area contributed by atoms with Gasteiger partial charge in [0.05, 0.1) is 0 Å². The molecule has 1 aromatic heterocycles. The van der Waals surface area contributed by atoms with Crippen LogP contribution in [0.5, 0.6) is 0 Å². The van der Waals surface area contributed by atoms with Gasteiger partial charge in [-0.15, -0.1) is 0 Å². The molecule has 2 aliphatic heterocycles. The van der Waals surface area contributed by atoms with Gasteiger partial charge in [0.25, 0.3) is 0 Å². The SMILES string of the molecule is CC1CCCCN1C(CN1CCNCC1)c1ccncc1. The van der Waals surface area contributed by atoms with Gasteiger partial charge in [-0.3, -0.25) is 14.8 Å². The molecular weight excluding hydrogens is 260 g/mol. The van der Waals surface area contributed by atoms with Gasteiger partial charge in [-0.1, -0.05) is 6.42 Å². The Bertz CT molecular complexity index is 416. The second-order valence-electron chi connectivity index (χ2n) is 6.43. The molecule has 0 bridgehead atoms. The Morgan fingerprint density at radius 2 is 1.95 bits per heavy atom. The number of pyridine rings is 1. The van der Waals surface area contributed by atoms with Crippen molar-refractivity contribution in [1.82, 2.24) is 20.1 Å². The van der Waals surface area contributed by atoms with E-state index in [9.17, 15) is 0 Å². The van der Waals surface area contributed by atoms with Crippen LogP contribution in [0.4, 0.5) is 0 Å². The van der Waals surface area contributed by atoms with Gasteiger partial charge in [0, 0.05) is 57.2 Å². The Morgan fingerprint density at radius 3 is 2.67 bits per heavy atom. The standard InChI is InChI=1S/C17H28N4/c1-15-4-2-3-11-21(15)17(16-5-7-18-8-6-16)14-20-12-9-19-10-13-20/h5-8,15,17,19H,2-4,9-14H2,1H3. The summed E-state index contributed by atoms with van der Waals surface area (Å²) in [7, 11) is 0. The molecule has 1 aromatic rings. The number of aromatic nitrogens is 1. The number of rotatable bonds is 4. The molecule has 2 fully saturated rings. The molecule has 2 saturated heterocycles. The maximum atomic E-state index is 4.20. The first kappa shape index (κ1) is 14.9. The molecule has 0 aromatic carbocycles. The molecule has 2 unspecified atom stereocenters. The third-order valence-corrected chi connectivity index (χ3v) is 4.99. The first-order chi connectivity index (χ1) is 10.3. The minimum atomic E-state index is 0.515. The minimum absolute atomic E-state index is 0.515. The Hall–Kier alpha value is -0.970. The van der Waals surface area contributed by atoms with Gasteiger partial charge in [0.15, 0.2) is 0 Å². The van der Waals surface area contributed by atoms with E-state index in [1.165, 1.54) is 44.5 Å². The predicted molar refractivity (Wildman–Crippen MR) is 86.3 cm³/mol. The number of hydrogen-bond donors (Lipinski definition) is 1. The summed E-state index contributed by atoms with van der Waals surface area (Å²) < 4.78 is 0. The van der Waals surface area contributed by atoms with Crippen molar-refractivity contribution < 1.29 is 0 Å². The molecular formula is C17H28N4. The van der Waals surface area contributed by atoms with E-state index in [0.717, 1.165) is 19.6 Å². The fraction of sp³-hybridized carbons (Fsp3) is 0.706. The van der Waals surface area contributed by atoms with Gasteiger partial charge in [0.1, 0.15) is 0 Å². The Kier molecular flexibility index (Phi) is 5.22. The van der Waals surface area contributed by atoms with Crippen molar-refractivity contribution in [3.63, 3.8) is 0 Å². The van der Waals surface area contributed by atoms with Crippen LogP contribution in [0.25, 0.3) is 0 Å². The van der Waals surface area contributed by atoms with Crippen LogP contribution in [0.2, 0.25) is 0 Å². The lowest BCUT2D eigenvalue weighted by atomic mass is 9.97. The molecule has 4 heteroatoms. The number of hydrogen-bond acceptors (Lipinski definition) is 4. The smallest absolute Gasteiger partial charge is 0.0479 e. The van der Waals surface area contributed by atoms with Gasteiger partial charge < -0.3 is 5.32 Å². The maximum Gasteiger partial charge on any atom is 0.0479 e. The van der Waals surface area contributed by atoms with Gasteiger partial charge in [-0.2, -0.15) is 0 Å². The van der Waals surface area contributed by atoms with E-state index in [1.807, 2.05) is 12.4 Å². The highest BCUT2D eigenvalue weighted by Gasteiger charge is 2.29. The zero-order valence-electron chi connectivity index (χ0n) is 13.2. The fourth-order valence-electron chi connectivity index (χ4n) is 3.71. The van der Waals surface area contributed by atoms with Gasteiger partial charge in [-0.05, 0) is 44.0 Å². The van der Waals surface area contributed by atoms with Gasteiger partial charge >= 0.3 is 0 Å². The summed E-state index contributed by atoms with van der Waals surface area (Å²) in [6.45, 7) is 9.37. The fourth-order valence-corrected chi connectivity index (χ4v) is 3.71. The molecule has 3 heterocycles. The summed E-state index contributed by atoms with van der Waals surface area (Å²) in [4.78, 5) is 9.53. The third kappa shape index (κ3) is 3.82. The summed E-state index contributed by atoms with van der Waals surface area (Å²) >= 11 is 0. The quantitative estimate of drug-likeness (QED) is 0.917. The molecule has 21 heavy (non-hydrogen) atoms. The molecule has 2 aliphatic rings. The highest BCUT2D eigenvalue weighted by molar-refractivity contribution is 5.16. The highest BCUT2D eigenvalue weighted by atomic mass is 15.3. The number of piperazine rings is 1. The molecule has 0 saturated carbocycles. The summed E-state index contributed by atoms with van der Waals surface area (Å²) in [5.41, 5.74) is 1.43. The normalized spacial score (nSPS) is 26.6. The average molecular weight is 288 g/mol. The first-order valence-corrected chi connectivity index (χ1v) is 8.43. The van der Waals surface area contributed by atoms with E-state index in [2.05, 4.69) is 39.2 Å². The molecule has 0 spiro atoms. The van der Waals surface area contributed by atoms with Crippen LogP contribution in [0, 0.1) is 0 Å². The van der Waals surface area contributed by atoms with E-state index in [1.54, 1.807) is 0 Å². The first-order valence-electron chi connectivity index (χ1n) is 8.43. The Morgan fingerprint density at radius 1 is 1.19 bits per heavy atom. The van der Waals surface area contributed by atoms with E-state index in [0.29, 0.717) is 12.1 Å². The average Bonchev–Trinajstić information content (AvgIpc) is 2.55. The van der Waals surface area contributed by atoms with E-state index < -0.39 is 0 Å². The van der Waals surface area contributed by atoms with Crippen LogP contribution < -0.4 is 5.32 Å². The summed E-state index contributed by atoms with van der Waals surface area (Å²) in [5.74, 6) is 0. The lowest BCUT2D eigenvalue weighted by Gasteiger charge is -2.42. The van der Waals surface area contributed by atoms with Crippen LogP contribution in [-0.2, 0) is 0 Å². The molecule has 0 aliphatic carbocycles. The van der Waals surface area contributed by atoms with Gasteiger partial charge in [-0.25, -0.2) is 0 Å². The summed E-state index contributed by atoms with van der Waals surface area (Å²) in [6, 6.07) is 5.61. The van der Waals surface area contributed by atoms with Crippen LogP contribution >= 0.6 is 0 Å². The monoisotopic (exact) mass is 288 g/mol. The van der Waals surface area contributed by atoms with E-state index in [4.69, 9.17) is 0 Å². The van der Waals surface area contributed by atoms with Crippen LogP contribution in [-0.4, -0.2) is 60.1 Å². The zero-order valence-corrected chi connectivity index (χ0v) is 13.2. The van der Waals surface area contributed by atoms with Crippen molar-refractivity contribution in [2.45, 2.75) is 38.3 Å². The number of nitrogens with one attached hydrogen (secondary N) is 1. The maximum absolute atomic E-state index is 4.20. The highest BCUT2D eigenvalue weighted by Crippen LogP contribution is 2.29. The van der Waals surface area contributed by atoms with Crippen molar-refractivity contribution in [2.24, 2.45) is 0 Å². The molecule has 116 valence electrons. The third-order valence-electron chi connectivity index (χ3n) is 4.99. The summed E-state index contributed by atoms with van der Waals surface area (Å²) in [5, 5.41) is 3.45. The second-order valence-corrected chi connectivity index (χ2v) is 6.43. The molecule has 3 rings (SSSR count). The topological polar surface area (TPSA) is 31.4 Å². The molecule has 4 nitrogen and oxygen atoms in total. The number of likely N-dealkylation sites (tertiary alicyclic amines) is 1. The number of nitrogens with zero attached hydrogens (tertiary/aromatic N) is 3. The molecule has 1 N–H and O–H groups in total. The van der Waals surface area contributed by atoms with Crippen molar-refractivity contribution in [3.8, 4) is 0 Å². The van der Waals surface area contributed by atoms with Crippen molar-refractivity contribution in [3.05, 3.63) is 30.1 Å². The molecule has 0 amide bonds. The van der Waals surface area contributed by atoms with Crippen molar-refractivity contribution >= 4 is 0 Å². The molecule has 2 atom stereocenters. The minimum Gasteiger partial charge on any atom is -0.314 e. The zero-order chi connectivity index (χ0) is 14.5. The Balaban J connectivity index is 1.76. The second kappa shape index (κ2) is 7.34. The van der Waals surface area contributed by atoms with Crippen molar-refractivity contribution in [2.75, 3.05) is 39.3 Å². The number of piperidine rings is 1. The Labute approximate surface area is 128 Å². The van der Waals surface area contributed by atoms with E-state index in [-0.39, 0.29) is 0 Å². The van der Waals surface area contributed by atoms with Crippen LogP contribution in [0.3, 0.4) is 0 Å². The van der Waals surface area contributed by atoms with Crippen LogP contribution in [0.15, 0.2) is 24.5 Å². The largest absolute Gasteiger partial charge is 0.314 e. The molecule has 0 radical (unpaired) electrons. The summed E-state index contributed by atoms with van der Waals surface area (Å²) in [6.07, 6.45) is 7.94. The van der Waals surface area contributed by atoms with E-state index >= 15 is 0 Å². The van der Waals surface area contributed by atoms with Gasteiger partial charge in [0.2, 0.25) is 0 Å². The lowest BCUT2D eigenvalue weighted by molar-refractivity contribution is 0.0722. The van der Waals surface area contributed by atoms with Crippen LogP contribution in [0.1, 0.15) is 37.8 Å². The van der Waals surface area contributed by atoms with Crippen molar-refractivity contribution in [1.29, 1.82) is 0 Å².